The summed E-state index contributed by atoms with van der Waals surface area (Å²) in [5.74, 6) is 0. The predicted octanol–water partition coefficient (Wildman–Crippen LogP) is -1.09. The fraction of sp³-hybridized carbons (Fsp3) is 0. The molecule has 6 heavy (non-hydrogen) atoms. The second-order valence-corrected chi connectivity index (χ2v) is 8.12. The summed E-state index contributed by atoms with van der Waals surface area (Å²) < 4.78 is 23.7. The molecule has 6 heteroatoms. The molecule has 3 saturated heterocycles. The van der Waals surface area contributed by atoms with Gasteiger partial charge in [-0.05, 0) is 0 Å². The maximum absolute atomic E-state index is 10.2. The van der Waals surface area contributed by atoms with Gasteiger partial charge in [0, 0.05) is 0 Å². The Bertz CT molecular complexity index is 106. The molecule has 0 spiro atoms. The van der Waals surface area contributed by atoms with Crippen LogP contribution in [0.4, 0.5) is 0 Å². The van der Waals surface area contributed by atoms with Gasteiger partial charge in [0.25, 0.3) is 0 Å². The summed E-state index contributed by atoms with van der Waals surface area (Å²) in [5, 5.41) is 0. The van der Waals surface area contributed by atoms with Crippen molar-refractivity contribution in [2.45, 2.75) is 0 Å². The van der Waals surface area contributed by atoms with Crippen molar-refractivity contribution in [1.29, 1.82) is 0 Å². The Morgan fingerprint density at radius 1 is 1.33 bits per heavy atom. The Hall–Kier alpha value is 0.771. The summed E-state index contributed by atoms with van der Waals surface area (Å²) >= 11 is -4.90. The first-order valence-corrected chi connectivity index (χ1v) is 5.92. The van der Waals surface area contributed by atoms with Crippen LogP contribution < -0.4 is 0 Å². The third kappa shape index (κ3) is 0.273. The van der Waals surface area contributed by atoms with Crippen LogP contribution in [0.1, 0.15) is 0 Å². The average molecular weight is 166 g/mol. The molecule has 4 nitrogen and oxygen atoms in total. The van der Waals surface area contributed by atoms with Crippen molar-refractivity contribution in [2.24, 2.45) is 0 Å². The standard InChI is InChI=1S/Al.AsH3O4/c;2-1(3,4)5/h;(H3,2,3,4,5)/q+3;/p-3. The van der Waals surface area contributed by atoms with Crippen LogP contribution in [0.15, 0.2) is 0 Å². The number of rotatable bonds is 0. The Balaban J connectivity index is 2.39. The van der Waals surface area contributed by atoms with Gasteiger partial charge in [-0.25, -0.2) is 0 Å². The first-order valence-electron chi connectivity index (χ1n) is 1.44. The second-order valence-electron chi connectivity index (χ2n) is 1.05. The van der Waals surface area contributed by atoms with Gasteiger partial charge in [0.05, 0.1) is 0 Å². The molecule has 3 rings (SSSR count). The van der Waals surface area contributed by atoms with Crippen LogP contribution in [0.2, 0.25) is 0 Å². The van der Waals surface area contributed by atoms with E-state index in [0.717, 1.165) is 0 Å². The molecule has 0 aliphatic carbocycles. The monoisotopic (exact) mass is 166 g/mol. The molecule has 2 bridgehead atoms. The van der Waals surface area contributed by atoms with Crippen molar-refractivity contribution >= 4 is 29.7 Å². The fourth-order valence-corrected chi connectivity index (χ4v) is 5.30. The van der Waals surface area contributed by atoms with Crippen LogP contribution in [0.5, 0.6) is 0 Å². The van der Waals surface area contributed by atoms with Gasteiger partial charge >= 0.3 is 41.7 Å². The molecule has 0 N–H and O–H groups in total. The summed E-state index contributed by atoms with van der Waals surface area (Å²) in [4.78, 5) is 0. The molecule has 0 amide bonds. The molecule has 0 radical (unpaired) electrons. The minimum absolute atomic E-state index is 1.63. The second kappa shape index (κ2) is 0.805. The van der Waals surface area contributed by atoms with E-state index in [9.17, 15) is 3.74 Å². The summed E-state index contributed by atoms with van der Waals surface area (Å²) in [6, 6.07) is 0. The van der Waals surface area contributed by atoms with Gasteiger partial charge in [-0.1, -0.05) is 0 Å². The summed E-state index contributed by atoms with van der Waals surface area (Å²) in [7, 11) is 0. The van der Waals surface area contributed by atoms with Crippen LogP contribution >= 0.6 is 0 Å². The van der Waals surface area contributed by atoms with Crippen LogP contribution in [-0.4, -0.2) is 29.7 Å². The molecular formula is AlAsO4. The Labute approximate surface area is 42.1 Å². The number of hydrogen-bond donors (Lipinski definition) is 0. The van der Waals surface area contributed by atoms with E-state index in [0.29, 0.717) is 0 Å². The van der Waals surface area contributed by atoms with Gasteiger partial charge in [-0.3, -0.25) is 0 Å². The van der Waals surface area contributed by atoms with Crippen LogP contribution in [-0.2, 0) is 12.1 Å². The Kier molecular flexibility index (Phi) is 0.501. The quantitative estimate of drug-likeness (QED) is 0.429. The molecule has 32 valence electrons. The Morgan fingerprint density at radius 2 is 1.67 bits per heavy atom. The zero-order valence-electron chi connectivity index (χ0n) is 2.66. The van der Waals surface area contributed by atoms with Crippen molar-refractivity contribution in [1.82, 2.24) is 0 Å². The van der Waals surface area contributed by atoms with E-state index >= 15 is 0 Å². The number of hydrogen-bond acceptors (Lipinski definition) is 4. The summed E-state index contributed by atoms with van der Waals surface area (Å²) in [6.45, 7) is 0. The molecule has 0 unspecified atom stereocenters. The van der Waals surface area contributed by atoms with E-state index in [4.69, 9.17) is 0 Å². The maximum atomic E-state index is 10.2. The molecule has 0 atom stereocenters. The third-order valence-electron chi connectivity index (χ3n) is 0.645. The van der Waals surface area contributed by atoms with E-state index < -0.39 is 29.7 Å². The van der Waals surface area contributed by atoms with Crippen LogP contribution in [0.25, 0.3) is 0 Å². The summed E-state index contributed by atoms with van der Waals surface area (Å²) in [5.41, 5.74) is 0. The van der Waals surface area contributed by atoms with Crippen LogP contribution in [0.3, 0.4) is 0 Å². The van der Waals surface area contributed by atoms with E-state index in [-0.39, 0.29) is 0 Å². The van der Waals surface area contributed by atoms with E-state index in [1.54, 1.807) is 0 Å². The topological polar surface area (TPSA) is 44.8 Å². The minimum atomic E-state index is -3.27. The zero-order valence-corrected chi connectivity index (χ0v) is 5.69. The molecule has 0 aromatic rings. The van der Waals surface area contributed by atoms with Crippen LogP contribution in [0, 0.1) is 0 Å². The van der Waals surface area contributed by atoms with Crippen molar-refractivity contribution in [2.75, 3.05) is 0 Å². The SMILES string of the molecule is O=[As]12[O][Al]([O]1)[O]2. The molecule has 3 fully saturated rings. The van der Waals surface area contributed by atoms with Gasteiger partial charge < -0.3 is 0 Å². The van der Waals surface area contributed by atoms with Crippen molar-refractivity contribution in [3.8, 4) is 0 Å². The molecule has 3 aliphatic heterocycles. The molecule has 0 aromatic heterocycles. The van der Waals surface area contributed by atoms with Gasteiger partial charge in [-0.2, -0.15) is 0 Å². The van der Waals surface area contributed by atoms with Crippen molar-refractivity contribution in [3.63, 3.8) is 0 Å². The van der Waals surface area contributed by atoms with Crippen molar-refractivity contribution in [3.05, 3.63) is 0 Å². The van der Waals surface area contributed by atoms with E-state index in [1.165, 1.54) is 0 Å². The molecule has 0 saturated carbocycles. The summed E-state index contributed by atoms with van der Waals surface area (Å²) in [6.07, 6.45) is 0. The van der Waals surface area contributed by atoms with Gasteiger partial charge in [0.1, 0.15) is 0 Å². The molecule has 3 heterocycles. The molecular weight excluding hydrogens is 166 g/mol. The van der Waals surface area contributed by atoms with Gasteiger partial charge in [0.2, 0.25) is 0 Å². The first-order chi connectivity index (χ1) is 2.79. The van der Waals surface area contributed by atoms with E-state index in [1.807, 2.05) is 0 Å². The van der Waals surface area contributed by atoms with Gasteiger partial charge in [-0.15, -0.1) is 0 Å². The fourth-order valence-electron chi connectivity index (χ4n) is 0.340. The molecule has 0 aromatic carbocycles. The Morgan fingerprint density at radius 3 is 1.67 bits per heavy atom. The average Bonchev–Trinajstić information content (AvgIpc) is 1.24. The third-order valence-corrected chi connectivity index (χ3v) is 10.1. The van der Waals surface area contributed by atoms with Gasteiger partial charge in [0.15, 0.2) is 0 Å². The van der Waals surface area contributed by atoms with E-state index in [2.05, 4.69) is 8.33 Å². The normalized spacial score (nSPS) is 34.3. The zero-order chi connectivity index (χ0) is 4.20. The first kappa shape index (κ1) is 3.73. The predicted molar refractivity (Wildman–Crippen MR) is 15.4 cm³/mol. The molecule has 3 aliphatic rings. The van der Waals surface area contributed by atoms with Crippen molar-refractivity contribution < 1.29 is 12.1 Å².